The first-order valence-corrected chi connectivity index (χ1v) is 6.62. The molecule has 3 atom stereocenters. The van der Waals surface area contributed by atoms with E-state index in [4.69, 9.17) is 10.2 Å². The van der Waals surface area contributed by atoms with E-state index in [2.05, 4.69) is 31.7 Å². The third-order valence-electron chi connectivity index (χ3n) is 4.00. The number of nitrogens with zero attached hydrogens (tertiary/aromatic N) is 1. The molecular weight excluding hydrogens is 212 g/mol. The monoisotopic (exact) mass is 236 g/mol. The highest BCUT2D eigenvalue weighted by Crippen LogP contribution is 2.28. The van der Waals surface area contributed by atoms with Crippen LogP contribution in [0.1, 0.15) is 38.7 Å². The molecule has 1 fully saturated rings. The minimum absolute atomic E-state index is 0.488. The van der Waals surface area contributed by atoms with Gasteiger partial charge in [0, 0.05) is 12.6 Å². The van der Waals surface area contributed by atoms with Crippen molar-refractivity contribution in [3.63, 3.8) is 0 Å². The van der Waals surface area contributed by atoms with Crippen LogP contribution in [-0.4, -0.2) is 17.5 Å². The van der Waals surface area contributed by atoms with E-state index in [-0.39, 0.29) is 0 Å². The lowest BCUT2D eigenvalue weighted by atomic mass is 9.86. The normalized spacial score (nSPS) is 30.7. The average Bonchev–Trinajstić information content (AvgIpc) is 2.73. The van der Waals surface area contributed by atoms with Crippen LogP contribution < -0.4 is 5.73 Å². The maximum atomic E-state index is 5.69. The van der Waals surface area contributed by atoms with Crippen LogP contribution >= 0.6 is 0 Å². The number of hydrogen-bond donors (Lipinski definition) is 1. The third kappa shape index (κ3) is 2.90. The molecule has 2 heterocycles. The van der Waals surface area contributed by atoms with Gasteiger partial charge in [0.1, 0.15) is 11.5 Å². The Morgan fingerprint density at radius 2 is 2.00 bits per heavy atom. The first kappa shape index (κ1) is 12.7. The van der Waals surface area contributed by atoms with Gasteiger partial charge >= 0.3 is 0 Å². The maximum absolute atomic E-state index is 5.69. The van der Waals surface area contributed by atoms with Crippen molar-refractivity contribution in [1.29, 1.82) is 0 Å². The summed E-state index contributed by atoms with van der Waals surface area (Å²) in [5, 5.41) is 0. The molecule has 2 rings (SSSR count). The predicted molar refractivity (Wildman–Crippen MR) is 69.4 cm³/mol. The van der Waals surface area contributed by atoms with Crippen molar-refractivity contribution in [3.8, 4) is 0 Å². The molecule has 96 valence electrons. The fourth-order valence-electron chi connectivity index (χ4n) is 2.86. The van der Waals surface area contributed by atoms with E-state index in [1.165, 1.54) is 13.0 Å². The molecule has 17 heavy (non-hydrogen) atoms. The van der Waals surface area contributed by atoms with Gasteiger partial charge in [-0.2, -0.15) is 0 Å². The molecule has 2 N–H and O–H groups in total. The Hall–Kier alpha value is -0.800. The standard InChI is InChI=1S/C14H24N2O/c1-10-6-11(2)12(3)16(8-10)9-14-5-4-13(7-15)17-14/h4-5,10-12H,6-9,15H2,1-3H3. The summed E-state index contributed by atoms with van der Waals surface area (Å²) in [6.07, 6.45) is 1.34. The Balaban J connectivity index is 2.01. The summed E-state index contributed by atoms with van der Waals surface area (Å²) in [5.74, 6) is 3.47. The molecule has 0 radical (unpaired) electrons. The van der Waals surface area contributed by atoms with Gasteiger partial charge < -0.3 is 10.2 Å². The molecule has 0 aliphatic carbocycles. The number of likely N-dealkylation sites (tertiary alicyclic amines) is 1. The second kappa shape index (κ2) is 5.23. The highest BCUT2D eigenvalue weighted by atomic mass is 16.3. The van der Waals surface area contributed by atoms with Gasteiger partial charge in [-0.05, 0) is 37.3 Å². The van der Waals surface area contributed by atoms with Gasteiger partial charge in [-0.25, -0.2) is 0 Å². The molecule has 3 heteroatoms. The molecule has 1 aliphatic rings. The molecule has 0 saturated carbocycles. The van der Waals surface area contributed by atoms with Crippen molar-refractivity contribution in [3.05, 3.63) is 23.7 Å². The van der Waals surface area contributed by atoms with Gasteiger partial charge in [0.15, 0.2) is 0 Å². The van der Waals surface area contributed by atoms with Gasteiger partial charge in [0.05, 0.1) is 13.1 Å². The number of hydrogen-bond acceptors (Lipinski definition) is 3. The van der Waals surface area contributed by atoms with E-state index in [1.807, 2.05) is 6.07 Å². The fourth-order valence-corrected chi connectivity index (χ4v) is 2.86. The number of furan rings is 1. The first-order valence-electron chi connectivity index (χ1n) is 6.62. The lowest BCUT2D eigenvalue weighted by molar-refractivity contribution is 0.0665. The van der Waals surface area contributed by atoms with Crippen molar-refractivity contribution in [1.82, 2.24) is 4.90 Å². The molecule has 3 nitrogen and oxygen atoms in total. The highest BCUT2D eigenvalue weighted by Gasteiger charge is 2.29. The average molecular weight is 236 g/mol. The zero-order chi connectivity index (χ0) is 12.4. The Labute approximate surface area is 104 Å². The molecule has 1 aromatic rings. The van der Waals surface area contributed by atoms with Crippen molar-refractivity contribution in [2.75, 3.05) is 6.54 Å². The van der Waals surface area contributed by atoms with E-state index in [9.17, 15) is 0 Å². The summed E-state index contributed by atoms with van der Waals surface area (Å²) in [6.45, 7) is 9.58. The third-order valence-corrected chi connectivity index (χ3v) is 4.00. The predicted octanol–water partition coefficient (Wildman–Crippen LogP) is 2.60. The van der Waals surface area contributed by atoms with Crippen LogP contribution in [0.2, 0.25) is 0 Å². The van der Waals surface area contributed by atoms with Gasteiger partial charge in [-0.1, -0.05) is 13.8 Å². The summed E-state index contributed by atoms with van der Waals surface area (Å²) in [6, 6.07) is 4.67. The lowest BCUT2D eigenvalue weighted by Gasteiger charge is -2.40. The molecule has 1 aromatic heterocycles. The van der Waals surface area contributed by atoms with Crippen LogP contribution in [0.4, 0.5) is 0 Å². The van der Waals surface area contributed by atoms with Gasteiger partial charge in [-0.15, -0.1) is 0 Å². The van der Waals surface area contributed by atoms with Crippen molar-refractivity contribution < 1.29 is 4.42 Å². The molecular formula is C14H24N2O. The van der Waals surface area contributed by atoms with Gasteiger partial charge in [0.2, 0.25) is 0 Å². The number of rotatable bonds is 3. The molecule has 1 saturated heterocycles. The second-order valence-electron chi connectivity index (χ2n) is 5.56. The molecule has 0 amide bonds. The van der Waals surface area contributed by atoms with Crippen LogP contribution in [0.5, 0.6) is 0 Å². The van der Waals surface area contributed by atoms with Crippen LogP contribution in [0.3, 0.4) is 0 Å². The van der Waals surface area contributed by atoms with Crippen LogP contribution in [0.15, 0.2) is 16.5 Å². The largest absolute Gasteiger partial charge is 0.463 e. The molecule has 0 aromatic carbocycles. The summed E-state index contributed by atoms with van der Waals surface area (Å²) in [4.78, 5) is 2.53. The van der Waals surface area contributed by atoms with E-state index in [0.29, 0.717) is 12.6 Å². The Morgan fingerprint density at radius 3 is 2.65 bits per heavy atom. The van der Waals surface area contributed by atoms with Crippen LogP contribution in [0.25, 0.3) is 0 Å². The van der Waals surface area contributed by atoms with Crippen LogP contribution in [-0.2, 0) is 13.1 Å². The molecule has 0 spiro atoms. The Kier molecular flexibility index (Phi) is 3.89. The van der Waals surface area contributed by atoms with Crippen LogP contribution in [0, 0.1) is 11.8 Å². The van der Waals surface area contributed by atoms with Crippen molar-refractivity contribution in [2.24, 2.45) is 17.6 Å². The maximum Gasteiger partial charge on any atom is 0.118 e. The SMILES string of the molecule is CC1CC(C)C(C)N(Cc2ccc(CN)o2)C1. The van der Waals surface area contributed by atoms with E-state index >= 15 is 0 Å². The number of nitrogens with two attached hydrogens (primary N) is 1. The van der Waals surface area contributed by atoms with Gasteiger partial charge in [0.25, 0.3) is 0 Å². The minimum Gasteiger partial charge on any atom is -0.463 e. The zero-order valence-electron chi connectivity index (χ0n) is 11.1. The van der Waals surface area contributed by atoms with Crippen molar-refractivity contribution in [2.45, 2.75) is 46.3 Å². The van der Waals surface area contributed by atoms with Crippen molar-refractivity contribution >= 4 is 0 Å². The summed E-state index contributed by atoms with van der Waals surface area (Å²) in [7, 11) is 0. The van der Waals surface area contributed by atoms with Gasteiger partial charge in [-0.3, -0.25) is 4.90 Å². The quantitative estimate of drug-likeness (QED) is 0.877. The summed E-state index contributed by atoms with van der Waals surface area (Å²) < 4.78 is 5.69. The van der Waals surface area contributed by atoms with E-state index in [0.717, 1.165) is 29.9 Å². The highest BCUT2D eigenvalue weighted by molar-refractivity contribution is 5.07. The summed E-state index contributed by atoms with van der Waals surface area (Å²) in [5.41, 5.74) is 5.56. The molecule has 3 unspecified atom stereocenters. The smallest absolute Gasteiger partial charge is 0.118 e. The molecule has 1 aliphatic heterocycles. The topological polar surface area (TPSA) is 42.4 Å². The minimum atomic E-state index is 0.488. The zero-order valence-corrected chi connectivity index (χ0v) is 11.1. The Bertz CT molecular complexity index is 361. The fraction of sp³-hybridized carbons (Fsp3) is 0.714. The summed E-state index contributed by atoms with van der Waals surface area (Å²) >= 11 is 0. The molecule has 0 bridgehead atoms. The van der Waals surface area contributed by atoms with E-state index < -0.39 is 0 Å². The van der Waals surface area contributed by atoms with E-state index in [1.54, 1.807) is 0 Å². The Morgan fingerprint density at radius 1 is 1.29 bits per heavy atom. The first-order chi connectivity index (χ1) is 8.10. The number of piperidine rings is 1. The second-order valence-corrected chi connectivity index (χ2v) is 5.56. The lowest BCUT2D eigenvalue weighted by Crippen LogP contribution is -2.45.